The van der Waals surface area contributed by atoms with Crippen molar-refractivity contribution in [1.29, 1.82) is 0 Å². The number of benzene rings is 1. The molecule has 6 nitrogen and oxygen atoms in total. The highest BCUT2D eigenvalue weighted by Crippen LogP contribution is 2.38. The first-order valence-electron chi connectivity index (χ1n) is 6.96. The van der Waals surface area contributed by atoms with Crippen molar-refractivity contribution in [1.82, 2.24) is 5.16 Å². The fraction of sp³-hybridized carbons (Fsp3) is 0.400. The van der Waals surface area contributed by atoms with Gasteiger partial charge in [-0.15, -0.1) is 0 Å². The highest BCUT2D eigenvalue weighted by Gasteiger charge is 2.19. The monoisotopic (exact) mass is 290 g/mol. The zero-order valence-electron chi connectivity index (χ0n) is 11.9. The molecule has 1 aliphatic rings. The lowest BCUT2D eigenvalue weighted by Gasteiger charge is -2.14. The van der Waals surface area contributed by atoms with Crippen LogP contribution in [0.1, 0.15) is 24.7 Å². The number of fused-ring (bicyclic) bond motifs is 1. The molecule has 0 aliphatic carbocycles. The molecule has 0 saturated heterocycles. The van der Waals surface area contributed by atoms with Gasteiger partial charge in [-0.25, -0.2) is 0 Å². The van der Waals surface area contributed by atoms with Crippen molar-refractivity contribution in [3.05, 3.63) is 35.7 Å². The summed E-state index contributed by atoms with van der Waals surface area (Å²) < 4.78 is 21.7. The topological polar surface area (TPSA) is 79.7 Å². The third-order valence-electron chi connectivity index (χ3n) is 3.42. The Morgan fingerprint density at radius 2 is 2.14 bits per heavy atom. The molecule has 0 spiro atoms. The normalized spacial score (nSPS) is 14.2. The van der Waals surface area contributed by atoms with Gasteiger partial charge in [0.1, 0.15) is 12.4 Å². The first-order chi connectivity index (χ1) is 10.3. The number of ether oxygens (including phenoxy) is 3. The van der Waals surface area contributed by atoms with Crippen LogP contribution in [0.2, 0.25) is 0 Å². The summed E-state index contributed by atoms with van der Waals surface area (Å²) in [4.78, 5) is 0. The average Bonchev–Trinajstić information content (AvgIpc) is 3.15. The van der Waals surface area contributed by atoms with Gasteiger partial charge < -0.3 is 24.5 Å². The van der Waals surface area contributed by atoms with Gasteiger partial charge in [0.2, 0.25) is 6.79 Å². The fourth-order valence-electron chi connectivity index (χ4n) is 2.15. The molecule has 1 unspecified atom stereocenters. The summed E-state index contributed by atoms with van der Waals surface area (Å²) in [6, 6.07) is 5.63. The summed E-state index contributed by atoms with van der Waals surface area (Å²) in [7, 11) is 0. The largest absolute Gasteiger partial charge is 0.485 e. The van der Waals surface area contributed by atoms with E-state index < -0.39 is 0 Å². The van der Waals surface area contributed by atoms with E-state index in [9.17, 15) is 0 Å². The van der Waals surface area contributed by atoms with Crippen molar-refractivity contribution in [2.75, 3.05) is 6.79 Å². The quantitative estimate of drug-likeness (QED) is 0.879. The Hall–Kier alpha value is -2.21. The zero-order valence-corrected chi connectivity index (χ0v) is 11.9. The minimum Gasteiger partial charge on any atom is -0.485 e. The van der Waals surface area contributed by atoms with Gasteiger partial charge in [0.05, 0.1) is 6.20 Å². The van der Waals surface area contributed by atoms with E-state index in [1.54, 1.807) is 12.3 Å². The van der Waals surface area contributed by atoms with Gasteiger partial charge in [0, 0.05) is 18.2 Å². The second-order valence-corrected chi connectivity index (χ2v) is 4.95. The molecule has 6 heteroatoms. The van der Waals surface area contributed by atoms with Crippen molar-refractivity contribution in [3.63, 3.8) is 0 Å². The van der Waals surface area contributed by atoms with Gasteiger partial charge >= 0.3 is 0 Å². The Balaban J connectivity index is 1.81. The second kappa shape index (κ2) is 6.05. The van der Waals surface area contributed by atoms with Crippen LogP contribution in [-0.2, 0) is 13.0 Å². The third-order valence-corrected chi connectivity index (χ3v) is 3.42. The van der Waals surface area contributed by atoms with Crippen LogP contribution in [0.4, 0.5) is 0 Å². The average molecular weight is 290 g/mol. The molecule has 2 heterocycles. The van der Waals surface area contributed by atoms with Crippen molar-refractivity contribution < 1.29 is 18.7 Å². The van der Waals surface area contributed by atoms with E-state index in [0.29, 0.717) is 18.1 Å². The van der Waals surface area contributed by atoms with E-state index in [-0.39, 0.29) is 12.8 Å². The minimum atomic E-state index is 0.0815. The number of hydrogen-bond donors (Lipinski definition) is 1. The fourth-order valence-corrected chi connectivity index (χ4v) is 2.15. The van der Waals surface area contributed by atoms with Gasteiger partial charge in [-0.05, 0) is 24.5 Å². The van der Waals surface area contributed by atoms with E-state index in [4.69, 9.17) is 24.5 Å². The van der Waals surface area contributed by atoms with Crippen LogP contribution >= 0.6 is 0 Å². The molecule has 0 radical (unpaired) electrons. The predicted octanol–water partition coefficient (Wildman–Crippen LogP) is 2.26. The van der Waals surface area contributed by atoms with Gasteiger partial charge in [-0.1, -0.05) is 12.1 Å². The van der Waals surface area contributed by atoms with E-state index in [1.165, 1.54) is 0 Å². The number of nitrogens with zero attached hydrogens (tertiary/aromatic N) is 1. The summed E-state index contributed by atoms with van der Waals surface area (Å²) in [5.41, 5.74) is 7.06. The Bertz CT molecular complexity index is 598. The lowest BCUT2D eigenvalue weighted by Crippen LogP contribution is -2.21. The summed E-state index contributed by atoms with van der Waals surface area (Å²) in [6.45, 7) is 2.61. The van der Waals surface area contributed by atoms with Crippen LogP contribution in [0, 0.1) is 0 Å². The van der Waals surface area contributed by atoms with Crippen molar-refractivity contribution in [2.45, 2.75) is 32.4 Å². The van der Waals surface area contributed by atoms with Crippen LogP contribution in [0.25, 0.3) is 0 Å². The van der Waals surface area contributed by atoms with Crippen molar-refractivity contribution >= 4 is 0 Å². The molecule has 0 saturated carbocycles. The van der Waals surface area contributed by atoms with Crippen LogP contribution in [0.5, 0.6) is 17.2 Å². The van der Waals surface area contributed by atoms with Crippen LogP contribution in [0.15, 0.2) is 28.9 Å². The number of rotatable bonds is 6. The Morgan fingerprint density at radius 1 is 1.33 bits per heavy atom. The van der Waals surface area contributed by atoms with Gasteiger partial charge in [-0.2, -0.15) is 0 Å². The summed E-state index contributed by atoms with van der Waals surface area (Å²) in [5.74, 6) is 2.83. The molecule has 1 atom stereocenters. The number of hydrogen-bond acceptors (Lipinski definition) is 6. The summed E-state index contributed by atoms with van der Waals surface area (Å²) >= 11 is 0. The Morgan fingerprint density at radius 3 is 2.86 bits per heavy atom. The molecule has 0 fully saturated rings. The minimum absolute atomic E-state index is 0.0815. The predicted molar refractivity (Wildman–Crippen MR) is 75.4 cm³/mol. The smallest absolute Gasteiger partial charge is 0.231 e. The molecule has 21 heavy (non-hydrogen) atoms. The molecule has 3 rings (SSSR count). The molecule has 0 bridgehead atoms. The van der Waals surface area contributed by atoms with Gasteiger partial charge in [-0.3, -0.25) is 0 Å². The second-order valence-electron chi connectivity index (χ2n) is 4.95. The first-order valence-corrected chi connectivity index (χ1v) is 6.96. The molecular weight excluding hydrogens is 272 g/mol. The number of aromatic nitrogens is 1. The zero-order chi connectivity index (χ0) is 14.7. The first kappa shape index (κ1) is 13.8. The van der Waals surface area contributed by atoms with Gasteiger partial charge in [0.15, 0.2) is 17.3 Å². The van der Waals surface area contributed by atoms with Crippen molar-refractivity contribution in [2.24, 2.45) is 5.73 Å². The number of nitrogens with two attached hydrogens (primary N) is 1. The molecule has 1 aromatic carbocycles. The lowest BCUT2D eigenvalue weighted by molar-refractivity contribution is 0.173. The molecule has 112 valence electrons. The Kier molecular flexibility index (Phi) is 3.96. The third kappa shape index (κ3) is 3.11. The molecule has 1 aliphatic heterocycles. The molecule has 0 amide bonds. The van der Waals surface area contributed by atoms with Gasteiger partial charge in [0.25, 0.3) is 0 Å². The Labute approximate surface area is 122 Å². The van der Waals surface area contributed by atoms with E-state index in [0.717, 1.165) is 29.9 Å². The van der Waals surface area contributed by atoms with Crippen molar-refractivity contribution in [3.8, 4) is 17.2 Å². The van der Waals surface area contributed by atoms with Crippen LogP contribution < -0.4 is 19.9 Å². The van der Waals surface area contributed by atoms with E-state index in [2.05, 4.69) is 12.1 Å². The summed E-state index contributed by atoms with van der Waals surface area (Å²) in [6.07, 6.45) is 3.21. The maximum absolute atomic E-state index is 6.05. The summed E-state index contributed by atoms with van der Waals surface area (Å²) in [5, 5.41) is 3.66. The highest BCUT2D eigenvalue weighted by atomic mass is 16.7. The van der Waals surface area contributed by atoms with E-state index in [1.807, 2.05) is 12.1 Å². The molecule has 2 aromatic rings. The molecule has 2 N–H and O–H groups in total. The maximum Gasteiger partial charge on any atom is 0.231 e. The molecule has 1 aromatic heterocycles. The maximum atomic E-state index is 6.05. The SMILES string of the molecule is CCC(N)Cc1cc2c(cc1OCc1ccno1)OCO2. The van der Waals surface area contributed by atoms with Crippen LogP contribution in [-0.4, -0.2) is 18.0 Å². The molecular formula is C15H18N2O4. The lowest BCUT2D eigenvalue weighted by atomic mass is 10.0. The highest BCUT2D eigenvalue weighted by molar-refractivity contribution is 5.52. The van der Waals surface area contributed by atoms with Crippen LogP contribution in [0.3, 0.4) is 0 Å². The standard InChI is InChI=1S/C15H18N2O4/c1-2-11(16)5-10-6-14-15(20-9-19-14)7-13(10)18-8-12-3-4-17-21-12/h3-4,6-7,11H,2,5,8-9,16H2,1H3. The van der Waals surface area contributed by atoms with E-state index >= 15 is 0 Å².